The third-order valence-electron chi connectivity index (χ3n) is 11.6. The summed E-state index contributed by atoms with van der Waals surface area (Å²) in [5.41, 5.74) is 11.7. The summed E-state index contributed by atoms with van der Waals surface area (Å²) in [6.45, 7) is 0. The van der Waals surface area contributed by atoms with Crippen LogP contribution in [0, 0.1) is 0 Å². The molecular formula is C57H36N4O. The zero-order valence-electron chi connectivity index (χ0n) is 38.1. The summed E-state index contributed by atoms with van der Waals surface area (Å²) >= 11 is 0. The van der Waals surface area contributed by atoms with E-state index in [-0.39, 0.29) is 29.7 Å². The van der Waals surface area contributed by atoms with E-state index in [1.807, 2.05) is 133 Å². The fraction of sp³-hybridized carbons (Fsp3) is 0. The zero-order valence-corrected chi connectivity index (χ0v) is 33.1. The number of furan rings is 1. The Labute approximate surface area is 364 Å². The number of fused-ring (bicyclic) bond motifs is 6. The largest absolute Gasteiger partial charge is 0.456 e. The minimum Gasteiger partial charge on any atom is -0.456 e. The molecule has 0 N–H and O–H groups in total. The zero-order chi connectivity index (χ0) is 45.3. The molecule has 0 atom stereocenters. The molecule has 0 amide bonds. The number of para-hydroxylation sites is 1. The van der Waals surface area contributed by atoms with E-state index in [0.29, 0.717) is 23.0 Å². The lowest BCUT2D eigenvalue weighted by atomic mass is 9.96. The van der Waals surface area contributed by atoms with Gasteiger partial charge in [0.2, 0.25) is 0 Å². The summed E-state index contributed by atoms with van der Waals surface area (Å²) in [6.07, 6.45) is 0. The van der Waals surface area contributed by atoms with Gasteiger partial charge in [-0.25, -0.2) is 15.0 Å². The van der Waals surface area contributed by atoms with Crippen molar-refractivity contribution in [2.45, 2.75) is 0 Å². The second kappa shape index (κ2) is 14.7. The first-order valence-electron chi connectivity index (χ1n) is 22.9. The molecule has 5 heteroatoms. The molecule has 0 aliphatic rings. The Hall–Kier alpha value is -8.41. The highest BCUT2D eigenvalue weighted by molar-refractivity contribution is 6.13. The van der Waals surface area contributed by atoms with Crippen LogP contribution in [-0.4, -0.2) is 19.5 Å². The average molecular weight is 798 g/mol. The van der Waals surface area contributed by atoms with Crippen molar-refractivity contribution in [3.63, 3.8) is 0 Å². The van der Waals surface area contributed by atoms with E-state index < -0.39 is 6.04 Å². The molecule has 0 unspecified atom stereocenters. The smallest absolute Gasteiger partial charge is 0.164 e. The van der Waals surface area contributed by atoms with Crippen LogP contribution in [0.2, 0.25) is 0 Å². The maximum absolute atomic E-state index is 8.74. The van der Waals surface area contributed by atoms with Gasteiger partial charge in [-0.15, -0.1) is 0 Å². The molecule has 9 aromatic carbocycles. The Morgan fingerprint density at radius 1 is 0.371 bits per heavy atom. The molecule has 0 saturated heterocycles. The van der Waals surface area contributed by atoms with E-state index in [0.717, 1.165) is 88.4 Å². The fourth-order valence-electron chi connectivity index (χ4n) is 8.66. The van der Waals surface area contributed by atoms with Gasteiger partial charge in [0.05, 0.1) is 23.6 Å². The highest BCUT2D eigenvalue weighted by Crippen LogP contribution is 2.42. The first-order chi connectivity index (χ1) is 32.8. The van der Waals surface area contributed by atoms with Crippen LogP contribution >= 0.6 is 0 Å². The van der Waals surface area contributed by atoms with Gasteiger partial charge in [0.1, 0.15) is 11.2 Å². The van der Waals surface area contributed by atoms with Gasteiger partial charge in [-0.3, -0.25) is 0 Å². The molecule has 0 aliphatic heterocycles. The summed E-state index contributed by atoms with van der Waals surface area (Å²) in [7, 11) is 0. The van der Waals surface area contributed by atoms with Gasteiger partial charge in [-0.1, -0.05) is 176 Å². The van der Waals surface area contributed by atoms with Gasteiger partial charge in [0.25, 0.3) is 0 Å². The minimum atomic E-state index is -0.414. The fourth-order valence-corrected chi connectivity index (χ4v) is 8.66. The Morgan fingerprint density at radius 3 is 1.69 bits per heavy atom. The lowest BCUT2D eigenvalue weighted by Gasteiger charge is -2.16. The van der Waals surface area contributed by atoms with Crippen LogP contribution in [0.15, 0.2) is 223 Å². The van der Waals surface area contributed by atoms with Crippen LogP contribution in [-0.2, 0) is 0 Å². The summed E-state index contributed by atoms with van der Waals surface area (Å²) in [5.74, 6) is 1.70. The van der Waals surface area contributed by atoms with Crippen molar-refractivity contribution in [3.05, 3.63) is 218 Å². The average Bonchev–Trinajstić information content (AvgIpc) is 3.93. The summed E-state index contributed by atoms with van der Waals surface area (Å²) in [5, 5.41) is 3.70. The van der Waals surface area contributed by atoms with E-state index >= 15 is 0 Å². The predicted octanol–water partition coefficient (Wildman–Crippen LogP) is 14.9. The first-order valence-corrected chi connectivity index (χ1v) is 20.4. The topological polar surface area (TPSA) is 56.7 Å². The lowest BCUT2D eigenvalue weighted by molar-refractivity contribution is 0.669. The normalized spacial score (nSPS) is 12.7. The van der Waals surface area contributed by atoms with Crippen molar-refractivity contribution in [3.8, 4) is 73.2 Å². The molecule has 290 valence electrons. The summed E-state index contributed by atoms with van der Waals surface area (Å²) in [4.78, 5) is 15.1. The standard InChI is InChI=1S/C57H36N4O/c1-5-16-37(17-6-1)41-29-32-50-47(34-41)45-24-13-14-26-49(45)61(50)51-36-43(28-31-44(51)38-18-7-2-8-19-38)42-30-33-52-48(35-42)54-46(25-15-27-53(54)62-52)57-59-55(39-20-9-3-10-21-39)58-56(60-57)40-22-11-4-12-23-40/h1-36H/i1D,5D,6D,16D,17D. The van der Waals surface area contributed by atoms with Gasteiger partial charge in [0, 0.05) is 43.8 Å². The van der Waals surface area contributed by atoms with Crippen LogP contribution in [0.25, 0.3) is 117 Å². The van der Waals surface area contributed by atoms with Crippen molar-refractivity contribution >= 4 is 43.7 Å². The molecule has 12 rings (SSSR count). The maximum atomic E-state index is 8.74. The van der Waals surface area contributed by atoms with E-state index in [1.54, 1.807) is 0 Å². The molecule has 3 aromatic heterocycles. The minimum absolute atomic E-state index is 0.172. The first kappa shape index (κ1) is 30.6. The van der Waals surface area contributed by atoms with Crippen molar-refractivity contribution in [1.82, 2.24) is 19.5 Å². The SMILES string of the molecule is [2H]c1c([2H])c([2H])c(-c2ccc3c(c2)c2ccccc2n3-c2cc(-c3ccc4oc5cccc(-c6nc(-c7ccccc7)nc(-c7ccccc7)n6)c5c4c3)ccc2-c2ccccc2)c([2H])c1[2H]. The number of aromatic nitrogens is 4. The van der Waals surface area contributed by atoms with Crippen LogP contribution in [0.1, 0.15) is 6.85 Å². The lowest BCUT2D eigenvalue weighted by Crippen LogP contribution is -2.00. The van der Waals surface area contributed by atoms with E-state index in [9.17, 15) is 0 Å². The van der Waals surface area contributed by atoms with Crippen LogP contribution in [0.4, 0.5) is 0 Å². The monoisotopic (exact) mass is 797 g/mol. The second-order valence-corrected chi connectivity index (χ2v) is 15.2. The number of hydrogen-bond donors (Lipinski definition) is 0. The van der Waals surface area contributed by atoms with Gasteiger partial charge in [-0.05, 0) is 70.3 Å². The number of hydrogen-bond acceptors (Lipinski definition) is 4. The summed E-state index contributed by atoms with van der Waals surface area (Å²) in [6, 6.07) is 61.5. The van der Waals surface area contributed by atoms with E-state index in [4.69, 9.17) is 26.2 Å². The van der Waals surface area contributed by atoms with Gasteiger partial charge in [-0.2, -0.15) is 0 Å². The molecule has 0 fully saturated rings. The predicted molar refractivity (Wildman–Crippen MR) is 254 cm³/mol. The second-order valence-electron chi connectivity index (χ2n) is 15.2. The molecule has 0 aliphatic carbocycles. The Kier molecular flexibility index (Phi) is 7.25. The van der Waals surface area contributed by atoms with Crippen molar-refractivity contribution in [1.29, 1.82) is 0 Å². The molecule has 62 heavy (non-hydrogen) atoms. The van der Waals surface area contributed by atoms with E-state index in [1.165, 1.54) is 0 Å². The highest BCUT2D eigenvalue weighted by Gasteiger charge is 2.21. The molecule has 0 bridgehead atoms. The Morgan fingerprint density at radius 2 is 0.952 bits per heavy atom. The van der Waals surface area contributed by atoms with Crippen molar-refractivity contribution in [2.24, 2.45) is 0 Å². The van der Waals surface area contributed by atoms with Crippen molar-refractivity contribution < 1.29 is 11.3 Å². The molecule has 0 spiro atoms. The number of nitrogens with zero attached hydrogens (tertiary/aromatic N) is 4. The van der Waals surface area contributed by atoms with Crippen LogP contribution < -0.4 is 0 Å². The molecule has 12 aromatic rings. The summed E-state index contributed by atoms with van der Waals surface area (Å²) < 4.78 is 51.2. The van der Waals surface area contributed by atoms with Gasteiger partial charge in [0.15, 0.2) is 17.5 Å². The number of rotatable bonds is 7. The third kappa shape index (κ3) is 6.06. The highest BCUT2D eigenvalue weighted by atomic mass is 16.3. The molecular weight excluding hydrogens is 757 g/mol. The molecule has 0 radical (unpaired) electrons. The van der Waals surface area contributed by atoms with Gasteiger partial charge >= 0.3 is 0 Å². The molecule has 0 saturated carbocycles. The van der Waals surface area contributed by atoms with Crippen molar-refractivity contribution in [2.75, 3.05) is 0 Å². The van der Waals surface area contributed by atoms with Crippen LogP contribution in [0.3, 0.4) is 0 Å². The molecule has 5 nitrogen and oxygen atoms in total. The maximum Gasteiger partial charge on any atom is 0.164 e. The van der Waals surface area contributed by atoms with Gasteiger partial charge < -0.3 is 8.98 Å². The van der Waals surface area contributed by atoms with E-state index in [2.05, 4.69) is 59.2 Å². The third-order valence-corrected chi connectivity index (χ3v) is 11.6. The Balaban J connectivity index is 1.05. The Bertz CT molecular complexity index is 3840. The quantitative estimate of drug-likeness (QED) is 0.161. The van der Waals surface area contributed by atoms with Crippen LogP contribution in [0.5, 0.6) is 0 Å². The molecule has 3 heterocycles. The number of benzene rings is 9.